The first kappa shape index (κ1) is 23.9. The van der Waals surface area contributed by atoms with Crippen molar-refractivity contribution in [1.29, 1.82) is 0 Å². The number of thiocarbonyl (C=S) groups is 1. The monoisotopic (exact) mass is 455 g/mol. The summed E-state index contributed by atoms with van der Waals surface area (Å²) in [5.74, 6) is -0.554. The van der Waals surface area contributed by atoms with Gasteiger partial charge in [-0.05, 0) is 37.9 Å². The van der Waals surface area contributed by atoms with Crippen molar-refractivity contribution >= 4 is 49.9 Å². The van der Waals surface area contributed by atoms with Crippen LogP contribution in [0.1, 0.15) is 49.3 Å². The third kappa shape index (κ3) is 6.28. The number of hydrogen-bond donors (Lipinski definition) is 2. The second-order valence-electron chi connectivity index (χ2n) is 7.05. The highest BCUT2D eigenvalue weighted by Gasteiger charge is 2.35. The first-order valence-electron chi connectivity index (χ1n) is 9.74. The topological polar surface area (TPSA) is 92.5 Å². The summed E-state index contributed by atoms with van der Waals surface area (Å²) in [6.07, 6.45) is 5.89. The highest BCUT2D eigenvalue weighted by Crippen LogP contribution is 2.35. The summed E-state index contributed by atoms with van der Waals surface area (Å²) in [5, 5.41) is 0. The molecule has 1 aliphatic heterocycles. The van der Waals surface area contributed by atoms with Gasteiger partial charge in [0.2, 0.25) is 10.0 Å². The van der Waals surface area contributed by atoms with Crippen LogP contribution in [0.2, 0.25) is 0 Å². The molecule has 0 spiro atoms. The summed E-state index contributed by atoms with van der Waals surface area (Å²) in [7, 11) is -2.09. The maximum absolute atomic E-state index is 12.8. The van der Waals surface area contributed by atoms with Crippen LogP contribution in [0, 0.1) is 6.92 Å². The summed E-state index contributed by atoms with van der Waals surface area (Å²) in [6, 6.07) is 6.13. The van der Waals surface area contributed by atoms with Crippen molar-refractivity contribution in [2.75, 3.05) is 19.3 Å². The largest absolute Gasteiger partial charge is 0.397 e. The molecule has 160 valence electrons. The number of aryl methyl sites for hydroxylation is 2. The van der Waals surface area contributed by atoms with Crippen molar-refractivity contribution in [3.8, 4) is 0 Å². The fourth-order valence-electron chi connectivity index (χ4n) is 3.13. The molecule has 9 heteroatoms. The molecule has 1 fully saturated rings. The molecule has 0 radical (unpaired) electrons. The van der Waals surface area contributed by atoms with Crippen LogP contribution in [-0.4, -0.2) is 42.9 Å². The van der Waals surface area contributed by atoms with Gasteiger partial charge in [-0.15, -0.1) is 0 Å². The van der Waals surface area contributed by atoms with Gasteiger partial charge in [-0.1, -0.05) is 68.4 Å². The van der Waals surface area contributed by atoms with Crippen molar-refractivity contribution in [1.82, 2.24) is 9.62 Å². The first-order chi connectivity index (χ1) is 13.7. The molecule has 0 atom stereocenters. The second kappa shape index (κ2) is 10.6. The zero-order valence-corrected chi connectivity index (χ0v) is 19.6. The number of carbonyl (C=O) groups is 1. The Hall–Kier alpha value is -1.42. The molecule has 1 heterocycles. The molecule has 1 amide bonds. The van der Waals surface area contributed by atoms with Crippen molar-refractivity contribution in [2.45, 2.75) is 46.0 Å². The van der Waals surface area contributed by atoms with E-state index in [1.54, 1.807) is 0 Å². The lowest BCUT2D eigenvalue weighted by Gasteiger charge is -2.14. The molecule has 2 rings (SSSR count). The van der Waals surface area contributed by atoms with Gasteiger partial charge in [0.15, 0.2) is 0 Å². The fraction of sp³-hybridized carbons (Fsp3) is 0.500. The Balaban J connectivity index is 2.16. The van der Waals surface area contributed by atoms with Gasteiger partial charge in [-0.3, -0.25) is 9.69 Å². The highest BCUT2D eigenvalue weighted by atomic mass is 32.2. The van der Waals surface area contributed by atoms with Gasteiger partial charge in [-0.25, -0.2) is 13.1 Å². The SMILES string of the molecule is CCCCCCc1ccc(C(N)=C2SC(=S)N(CCS(=O)(=O)NC)C2=O)c(C)c1. The highest BCUT2D eigenvalue weighted by molar-refractivity contribution is 8.26. The minimum atomic E-state index is -3.43. The number of nitrogens with two attached hydrogens (primary N) is 1. The van der Waals surface area contributed by atoms with Crippen LogP contribution in [0.4, 0.5) is 0 Å². The summed E-state index contributed by atoms with van der Waals surface area (Å²) >= 11 is 6.40. The lowest BCUT2D eigenvalue weighted by Crippen LogP contribution is -2.35. The third-order valence-electron chi connectivity index (χ3n) is 4.89. The van der Waals surface area contributed by atoms with Gasteiger partial charge in [0.05, 0.1) is 11.4 Å². The molecule has 0 aliphatic carbocycles. The standard InChI is InChI=1S/C20H29N3O3S3/c1-4-5-6-7-8-15-9-10-16(14(2)13-15)17(21)18-19(24)23(20(27)28-18)11-12-29(25,26)22-3/h9-10,13,22H,4-8,11-12,21H2,1-3H3. The smallest absolute Gasteiger partial charge is 0.268 e. The van der Waals surface area contributed by atoms with E-state index in [4.69, 9.17) is 18.0 Å². The van der Waals surface area contributed by atoms with Crippen molar-refractivity contribution < 1.29 is 13.2 Å². The summed E-state index contributed by atoms with van der Waals surface area (Å²) in [6.45, 7) is 4.18. The van der Waals surface area contributed by atoms with E-state index in [1.807, 2.05) is 13.0 Å². The molecule has 1 aromatic carbocycles. The minimum absolute atomic E-state index is 0.000298. The molecule has 0 unspecified atom stereocenters. The normalized spacial score (nSPS) is 16.6. The van der Waals surface area contributed by atoms with Crippen molar-refractivity contribution in [3.63, 3.8) is 0 Å². The Bertz CT molecular complexity index is 911. The number of benzene rings is 1. The van der Waals surface area contributed by atoms with E-state index in [9.17, 15) is 13.2 Å². The fourth-order valence-corrected chi connectivity index (χ4v) is 5.06. The quantitative estimate of drug-likeness (QED) is 0.320. The molecule has 29 heavy (non-hydrogen) atoms. The molecule has 1 saturated heterocycles. The van der Waals surface area contributed by atoms with Crippen LogP contribution >= 0.6 is 24.0 Å². The number of hydrogen-bond acceptors (Lipinski definition) is 6. The van der Waals surface area contributed by atoms with Gasteiger partial charge >= 0.3 is 0 Å². The Kier molecular flexibility index (Phi) is 8.69. The second-order valence-corrected chi connectivity index (χ2v) is 10.7. The third-order valence-corrected chi connectivity index (χ3v) is 7.69. The van der Waals surface area contributed by atoms with Crippen LogP contribution in [-0.2, 0) is 21.2 Å². The van der Waals surface area contributed by atoms with Gasteiger partial charge in [0.25, 0.3) is 5.91 Å². The number of rotatable bonds is 10. The predicted octanol–water partition coefficient (Wildman–Crippen LogP) is 3.15. The lowest BCUT2D eigenvalue weighted by atomic mass is 9.99. The molecule has 1 aromatic rings. The first-order valence-corrected chi connectivity index (χ1v) is 12.6. The predicted molar refractivity (Wildman–Crippen MR) is 125 cm³/mol. The van der Waals surface area contributed by atoms with Crippen LogP contribution in [0.5, 0.6) is 0 Å². The number of sulfonamides is 1. The number of nitrogens with zero attached hydrogens (tertiary/aromatic N) is 1. The van der Waals surface area contributed by atoms with Crippen LogP contribution in [0.25, 0.3) is 5.70 Å². The number of nitrogens with one attached hydrogen (secondary N) is 1. The molecule has 0 saturated carbocycles. The summed E-state index contributed by atoms with van der Waals surface area (Å²) in [5.41, 5.74) is 9.81. The van der Waals surface area contributed by atoms with Crippen molar-refractivity contribution in [3.05, 3.63) is 39.8 Å². The maximum Gasteiger partial charge on any atom is 0.268 e. The van der Waals surface area contributed by atoms with Gasteiger partial charge in [0, 0.05) is 12.1 Å². The number of thioether (sulfide) groups is 1. The van der Waals surface area contributed by atoms with E-state index in [0.29, 0.717) is 14.9 Å². The Morgan fingerprint density at radius 2 is 2.00 bits per heavy atom. The molecule has 3 N–H and O–H groups in total. The molecule has 6 nitrogen and oxygen atoms in total. The zero-order chi connectivity index (χ0) is 21.6. The number of amides is 1. The van der Waals surface area contributed by atoms with Crippen LogP contribution in [0.15, 0.2) is 23.1 Å². The summed E-state index contributed by atoms with van der Waals surface area (Å²) < 4.78 is 25.9. The van der Waals surface area contributed by atoms with E-state index in [2.05, 4.69) is 23.8 Å². The van der Waals surface area contributed by atoms with E-state index in [1.165, 1.54) is 36.8 Å². The molecular weight excluding hydrogens is 426 g/mol. The average Bonchev–Trinajstić information content (AvgIpc) is 2.97. The van der Waals surface area contributed by atoms with Gasteiger partial charge in [0.1, 0.15) is 9.23 Å². The molecule has 1 aliphatic rings. The van der Waals surface area contributed by atoms with Gasteiger partial charge in [-0.2, -0.15) is 0 Å². The Morgan fingerprint density at radius 3 is 2.62 bits per heavy atom. The van der Waals surface area contributed by atoms with Crippen molar-refractivity contribution in [2.24, 2.45) is 5.73 Å². The molecule has 0 bridgehead atoms. The van der Waals surface area contributed by atoms with Gasteiger partial charge < -0.3 is 5.73 Å². The van der Waals surface area contributed by atoms with E-state index in [0.717, 1.165) is 35.7 Å². The number of carbonyl (C=O) groups excluding carboxylic acids is 1. The minimum Gasteiger partial charge on any atom is -0.397 e. The van der Waals surface area contributed by atoms with E-state index in [-0.39, 0.29) is 18.2 Å². The van der Waals surface area contributed by atoms with E-state index >= 15 is 0 Å². The van der Waals surface area contributed by atoms with Crippen LogP contribution in [0.3, 0.4) is 0 Å². The maximum atomic E-state index is 12.8. The Morgan fingerprint density at radius 1 is 1.28 bits per heavy atom. The van der Waals surface area contributed by atoms with E-state index < -0.39 is 10.0 Å². The Labute approximate surface area is 183 Å². The summed E-state index contributed by atoms with van der Waals surface area (Å²) in [4.78, 5) is 14.4. The molecule has 0 aromatic heterocycles. The number of unbranched alkanes of at least 4 members (excludes halogenated alkanes) is 3. The molecular formula is C20H29N3O3S3. The average molecular weight is 456 g/mol. The van der Waals surface area contributed by atoms with Crippen LogP contribution < -0.4 is 10.5 Å². The lowest BCUT2D eigenvalue weighted by molar-refractivity contribution is -0.121. The zero-order valence-electron chi connectivity index (χ0n) is 17.2.